The first-order valence-corrected chi connectivity index (χ1v) is 12.7. The molecule has 0 heterocycles. The number of rotatable bonds is 7. The second-order valence-electron chi connectivity index (χ2n) is 6.80. The summed E-state index contributed by atoms with van der Waals surface area (Å²) in [7, 11) is -1.49. The van der Waals surface area contributed by atoms with Crippen LogP contribution in [0.15, 0.2) is 121 Å². The number of aliphatic hydroxyl groups is 1. The fourth-order valence-corrected chi connectivity index (χ4v) is 8.72. The van der Waals surface area contributed by atoms with Crippen molar-refractivity contribution in [2.75, 3.05) is 6.16 Å². The van der Waals surface area contributed by atoms with Crippen LogP contribution in [0.4, 0.5) is 0 Å². The van der Waals surface area contributed by atoms with Crippen LogP contribution in [0.5, 0.6) is 0 Å². The van der Waals surface area contributed by atoms with Gasteiger partial charge in [0.1, 0.15) is 0 Å². The van der Waals surface area contributed by atoms with E-state index in [9.17, 15) is 5.11 Å². The summed E-state index contributed by atoms with van der Waals surface area (Å²) in [4.78, 5) is 0. The average Bonchev–Trinajstić information content (AvgIpc) is 2.80. The summed E-state index contributed by atoms with van der Waals surface area (Å²) in [5.74, 6) is -0.415. The Morgan fingerprint density at radius 2 is 0.793 bits per heavy atom. The maximum Gasteiger partial charge on any atom is 0.0858 e. The number of benzene rings is 4. The Bertz CT molecular complexity index is 913. The van der Waals surface area contributed by atoms with Crippen molar-refractivity contribution in [1.29, 1.82) is 0 Å². The van der Waals surface area contributed by atoms with Crippen molar-refractivity contribution < 1.29 is 5.11 Å². The van der Waals surface area contributed by atoms with E-state index in [1.807, 2.05) is 12.1 Å². The second kappa shape index (κ2) is 9.95. The molecule has 1 N–H and O–H groups in total. The Labute approximate surface area is 175 Å². The predicted molar refractivity (Wildman–Crippen MR) is 129 cm³/mol. The molecule has 4 rings (SSSR count). The van der Waals surface area contributed by atoms with Crippen molar-refractivity contribution >= 4 is 37.1 Å². The smallest absolute Gasteiger partial charge is 0.0858 e. The fourth-order valence-electron chi connectivity index (χ4n) is 3.49. The highest BCUT2D eigenvalue weighted by atomic mass is 31.1. The van der Waals surface area contributed by atoms with Gasteiger partial charge in [-0.25, -0.2) is 0 Å². The van der Waals surface area contributed by atoms with Gasteiger partial charge < -0.3 is 5.11 Å². The van der Waals surface area contributed by atoms with Gasteiger partial charge in [0.2, 0.25) is 0 Å². The summed E-state index contributed by atoms with van der Waals surface area (Å²) in [6, 6.07) is 42.2. The Morgan fingerprint density at radius 3 is 1.14 bits per heavy atom. The zero-order valence-electron chi connectivity index (χ0n) is 16.2. The molecule has 3 heteroatoms. The molecule has 1 nitrogen and oxygen atoms in total. The largest absolute Gasteiger partial charge is 0.388 e. The molecule has 0 aliphatic heterocycles. The van der Waals surface area contributed by atoms with E-state index >= 15 is 0 Å². The van der Waals surface area contributed by atoms with Crippen LogP contribution in [-0.4, -0.2) is 17.1 Å². The molecule has 0 bridgehead atoms. The van der Waals surface area contributed by atoms with Gasteiger partial charge in [0.05, 0.1) is 5.85 Å². The summed E-state index contributed by atoms with van der Waals surface area (Å²) >= 11 is 0. The minimum atomic E-state index is -0.854. The molecule has 0 aliphatic rings. The Kier molecular flexibility index (Phi) is 6.86. The molecule has 0 fully saturated rings. The Balaban J connectivity index is 1.70. The first kappa shape index (κ1) is 20.0. The fraction of sp³-hybridized carbons (Fsp3) is 0.0769. The van der Waals surface area contributed by atoms with Crippen molar-refractivity contribution in [1.82, 2.24) is 0 Å². The van der Waals surface area contributed by atoms with Gasteiger partial charge >= 0.3 is 0 Å². The van der Waals surface area contributed by atoms with Gasteiger partial charge in [-0.2, -0.15) is 0 Å². The number of aliphatic hydroxyl groups excluding tert-OH is 1. The van der Waals surface area contributed by atoms with Gasteiger partial charge in [-0.05, 0) is 37.1 Å². The summed E-state index contributed by atoms with van der Waals surface area (Å²) in [5, 5.41) is 16.6. The Hall–Kier alpha value is -2.30. The molecule has 144 valence electrons. The highest BCUT2D eigenvalue weighted by molar-refractivity contribution is 7.77. The molecule has 0 aromatic heterocycles. The lowest BCUT2D eigenvalue weighted by atomic mass is 10.4. The average molecular weight is 414 g/mol. The summed E-state index contributed by atoms with van der Waals surface area (Å²) < 4.78 is 0. The lowest BCUT2D eigenvalue weighted by molar-refractivity contribution is 0.283. The summed E-state index contributed by atoms with van der Waals surface area (Å²) in [6.07, 6.45) is 0.749. The maximum atomic E-state index is 11.6. The molecule has 0 saturated heterocycles. The van der Waals surface area contributed by atoms with Gasteiger partial charge in [-0.1, -0.05) is 121 Å². The van der Waals surface area contributed by atoms with Crippen molar-refractivity contribution in [2.45, 2.75) is 5.85 Å². The second-order valence-corrected chi connectivity index (χ2v) is 11.4. The van der Waals surface area contributed by atoms with E-state index in [1.54, 1.807) is 0 Å². The monoisotopic (exact) mass is 414 g/mol. The van der Waals surface area contributed by atoms with Crippen LogP contribution in [-0.2, 0) is 0 Å². The van der Waals surface area contributed by atoms with Crippen LogP contribution >= 0.6 is 15.8 Å². The first-order valence-electron chi connectivity index (χ1n) is 9.78. The van der Waals surface area contributed by atoms with Crippen molar-refractivity contribution in [3.05, 3.63) is 121 Å². The molecular formula is C26H24OP2. The minimum Gasteiger partial charge on any atom is -0.388 e. The molecule has 0 aliphatic carbocycles. The van der Waals surface area contributed by atoms with Crippen LogP contribution < -0.4 is 21.2 Å². The predicted octanol–water partition coefficient (Wildman–Crippen LogP) is 4.57. The van der Waals surface area contributed by atoms with E-state index < -0.39 is 21.7 Å². The summed E-state index contributed by atoms with van der Waals surface area (Å²) in [5.41, 5.74) is 0. The minimum absolute atomic E-state index is 0.415. The summed E-state index contributed by atoms with van der Waals surface area (Å²) in [6.45, 7) is 0. The van der Waals surface area contributed by atoms with E-state index in [2.05, 4.69) is 109 Å². The van der Waals surface area contributed by atoms with Gasteiger partial charge in [0.25, 0.3) is 0 Å². The topological polar surface area (TPSA) is 20.2 Å². The molecule has 0 radical (unpaired) electrons. The first-order chi connectivity index (χ1) is 14.3. The van der Waals surface area contributed by atoms with Crippen LogP contribution in [0.3, 0.4) is 0 Å². The van der Waals surface area contributed by atoms with Crippen LogP contribution in [0.1, 0.15) is 0 Å². The Morgan fingerprint density at radius 1 is 0.483 bits per heavy atom. The normalized spacial score (nSPS) is 12.2. The molecule has 4 aromatic carbocycles. The van der Waals surface area contributed by atoms with Crippen molar-refractivity contribution in [2.24, 2.45) is 0 Å². The van der Waals surface area contributed by atoms with Gasteiger partial charge in [-0.3, -0.25) is 0 Å². The van der Waals surface area contributed by atoms with E-state index in [0.29, 0.717) is 0 Å². The standard InChI is InChI=1S/C26H24OP2/c27-26(29(24-17-9-3-10-18-24)25-19-11-4-12-20-25)21-28(22-13-5-1-6-14-22)23-15-7-2-8-16-23/h1-20,26-27H,21H2. The van der Waals surface area contributed by atoms with E-state index in [4.69, 9.17) is 0 Å². The van der Waals surface area contributed by atoms with Gasteiger partial charge in [-0.15, -0.1) is 0 Å². The molecule has 1 atom stereocenters. The van der Waals surface area contributed by atoms with E-state index in [1.165, 1.54) is 21.2 Å². The molecule has 1 unspecified atom stereocenters. The lowest BCUT2D eigenvalue weighted by Crippen LogP contribution is -2.27. The van der Waals surface area contributed by atoms with E-state index in [-0.39, 0.29) is 0 Å². The molecule has 29 heavy (non-hydrogen) atoms. The highest BCUT2D eigenvalue weighted by Gasteiger charge is 2.27. The number of hydrogen-bond acceptors (Lipinski definition) is 1. The quantitative estimate of drug-likeness (QED) is 0.439. The molecule has 0 spiro atoms. The third-order valence-corrected chi connectivity index (χ3v) is 10.2. The van der Waals surface area contributed by atoms with Crippen LogP contribution in [0, 0.1) is 0 Å². The third kappa shape index (κ3) is 5.01. The maximum absolute atomic E-state index is 11.6. The van der Waals surface area contributed by atoms with Crippen LogP contribution in [0.2, 0.25) is 0 Å². The zero-order chi connectivity index (χ0) is 19.9. The van der Waals surface area contributed by atoms with Crippen molar-refractivity contribution in [3.8, 4) is 0 Å². The molecular weight excluding hydrogens is 390 g/mol. The van der Waals surface area contributed by atoms with Crippen LogP contribution in [0.25, 0.3) is 0 Å². The highest BCUT2D eigenvalue weighted by Crippen LogP contribution is 2.45. The molecule has 0 amide bonds. The third-order valence-electron chi connectivity index (χ3n) is 4.85. The van der Waals surface area contributed by atoms with Gasteiger partial charge in [0.15, 0.2) is 0 Å². The lowest BCUT2D eigenvalue weighted by Gasteiger charge is -2.28. The SMILES string of the molecule is OC(CP(c1ccccc1)c1ccccc1)P(c1ccccc1)c1ccccc1. The zero-order valence-corrected chi connectivity index (χ0v) is 18.0. The van der Waals surface area contributed by atoms with E-state index in [0.717, 1.165) is 6.16 Å². The molecule has 0 saturated carbocycles. The van der Waals surface area contributed by atoms with Gasteiger partial charge in [0, 0.05) is 6.16 Å². The van der Waals surface area contributed by atoms with Crippen molar-refractivity contribution in [3.63, 3.8) is 0 Å². The number of hydrogen-bond donors (Lipinski definition) is 1. The molecule has 4 aromatic rings.